The summed E-state index contributed by atoms with van der Waals surface area (Å²) in [6.45, 7) is 19.1. The molecule has 4 heteroatoms. The largest absolute Gasteiger partial charge is 0.378 e. The van der Waals surface area contributed by atoms with E-state index < -0.39 is 0 Å². The van der Waals surface area contributed by atoms with Crippen molar-refractivity contribution in [2.24, 2.45) is 0 Å². The van der Waals surface area contributed by atoms with Crippen LogP contribution in [-0.4, -0.2) is 49.6 Å². The second kappa shape index (κ2) is 12.8. The molecule has 0 bridgehead atoms. The molecule has 1 N–H and O–H groups in total. The van der Waals surface area contributed by atoms with Crippen LogP contribution in [0.1, 0.15) is 32.6 Å². The molecule has 1 saturated heterocycles. The molecule has 1 aliphatic heterocycles. The zero-order valence-corrected chi connectivity index (χ0v) is 17.1. The summed E-state index contributed by atoms with van der Waals surface area (Å²) in [4.78, 5) is 5.63. The van der Waals surface area contributed by atoms with Crippen molar-refractivity contribution in [2.75, 3.05) is 33.7 Å². The van der Waals surface area contributed by atoms with Crippen LogP contribution in [0.15, 0.2) is 48.5 Å². The second-order valence-electron chi connectivity index (χ2n) is 5.36. The van der Waals surface area contributed by atoms with Gasteiger partial charge in [0.25, 0.3) is 0 Å². The van der Waals surface area contributed by atoms with Crippen LogP contribution in [0.3, 0.4) is 0 Å². The number of nitrogens with one attached hydrogen (secondary N) is 1. The van der Waals surface area contributed by atoms with Crippen molar-refractivity contribution in [3.63, 3.8) is 0 Å². The Morgan fingerprint density at radius 2 is 1.92 bits per heavy atom. The fraction of sp³-hybridized carbons (Fsp3) is 0.500. The summed E-state index contributed by atoms with van der Waals surface area (Å²) in [5.41, 5.74) is 2.12. The van der Waals surface area contributed by atoms with Gasteiger partial charge in [-0.1, -0.05) is 53.0 Å². The molecule has 136 valence electrons. The standard InChI is InChI=1S/C16H23N3S.2C2H6/c1-13(7-5-9-18(3)4)19-11-15(12-19)17-14(2)16-8-6-10-20-16;2*1-2/h5-8,10,15,17H,1-2,9,11-12H2,3-4H3;2*1-2H3/b7-5+;;. The lowest BCUT2D eigenvalue weighted by molar-refractivity contribution is 0.191. The summed E-state index contributed by atoms with van der Waals surface area (Å²) in [5.74, 6) is 0. The zero-order chi connectivity index (χ0) is 18.5. The normalized spacial score (nSPS) is 13.5. The van der Waals surface area contributed by atoms with Crippen LogP contribution in [0.25, 0.3) is 5.70 Å². The van der Waals surface area contributed by atoms with E-state index in [1.807, 2.05) is 27.7 Å². The molecule has 1 fully saturated rings. The zero-order valence-electron chi connectivity index (χ0n) is 16.3. The van der Waals surface area contributed by atoms with Crippen molar-refractivity contribution in [2.45, 2.75) is 33.7 Å². The van der Waals surface area contributed by atoms with Gasteiger partial charge >= 0.3 is 0 Å². The quantitative estimate of drug-likeness (QED) is 0.721. The van der Waals surface area contributed by atoms with Crippen LogP contribution in [0.4, 0.5) is 0 Å². The van der Waals surface area contributed by atoms with Gasteiger partial charge in [0.05, 0.1) is 6.04 Å². The number of likely N-dealkylation sites (N-methyl/N-ethyl adjacent to an activating group) is 1. The van der Waals surface area contributed by atoms with E-state index in [0.717, 1.165) is 31.0 Å². The highest BCUT2D eigenvalue weighted by Crippen LogP contribution is 2.20. The van der Waals surface area contributed by atoms with E-state index in [4.69, 9.17) is 0 Å². The fourth-order valence-corrected chi connectivity index (χ4v) is 2.74. The van der Waals surface area contributed by atoms with E-state index in [2.05, 4.69) is 72.0 Å². The smallest absolute Gasteiger partial charge is 0.0611 e. The molecule has 0 amide bonds. The molecule has 2 rings (SSSR count). The Bertz CT molecular complexity index is 483. The highest BCUT2D eigenvalue weighted by molar-refractivity contribution is 7.11. The molecule has 0 aliphatic carbocycles. The molecule has 0 atom stereocenters. The van der Waals surface area contributed by atoms with Crippen molar-refractivity contribution >= 4 is 17.0 Å². The van der Waals surface area contributed by atoms with Gasteiger partial charge in [-0.15, -0.1) is 11.3 Å². The van der Waals surface area contributed by atoms with Gasteiger partial charge in [0.1, 0.15) is 0 Å². The predicted molar refractivity (Wildman–Crippen MR) is 111 cm³/mol. The van der Waals surface area contributed by atoms with Crippen LogP contribution in [0.2, 0.25) is 0 Å². The van der Waals surface area contributed by atoms with Gasteiger partial charge in [0.15, 0.2) is 0 Å². The van der Waals surface area contributed by atoms with Crippen molar-refractivity contribution in [1.29, 1.82) is 0 Å². The molecular weight excluding hydrogens is 314 g/mol. The van der Waals surface area contributed by atoms with Crippen LogP contribution in [0.5, 0.6) is 0 Å². The number of allylic oxidation sites excluding steroid dienone is 1. The Labute approximate surface area is 153 Å². The molecular formula is C20H35N3S. The first-order valence-electron chi connectivity index (χ1n) is 8.80. The van der Waals surface area contributed by atoms with Crippen LogP contribution >= 0.6 is 11.3 Å². The number of nitrogens with zero attached hydrogens (tertiary/aromatic N) is 2. The monoisotopic (exact) mass is 349 g/mol. The van der Waals surface area contributed by atoms with Gasteiger partial charge in [-0.3, -0.25) is 0 Å². The van der Waals surface area contributed by atoms with E-state index in [1.54, 1.807) is 11.3 Å². The summed E-state index contributed by atoms with van der Waals surface area (Å²) < 4.78 is 0. The van der Waals surface area contributed by atoms with Crippen molar-refractivity contribution in [1.82, 2.24) is 15.1 Å². The fourth-order valence-electron chi connectivity index (χ4n) is 2.08. The molecule has 0 aromatic carbocycles. The third-order valence-corrected chi connectivity index (χ3v) is 4.20. The molecule has 24 heavy (non-hydrogen) atoms. The van der Waals surface area contributed by atoms with Gasteiger partial charge in [-0.25, -0.2) is 0 Å². The van der Waals surface area contributed by atoms with Crippen molar-refractivity contribution in [3.05, 3.63) is 53.4 Å². The molecule has 0 saturated carbocycles. The lowest BCUT2D eigenvalue weighted by Crippen LogP contribution is -2.56. The Morgan fingerprint density at radius 1 is 1.29 bits per heavy atom. The van der Waals surface area contributed by atoms with Crippen molar-refractivity contribution < 1.29 is 0 Å². The first-order chi connectivity index (χ1) is 11.6. The SMILES string of the molecule is C=C(NC1CN(C(=C)/C=C/CN(C)C)C1)c1cccs1.CC.CC. The summed E-state index contributed by atoms with van der Waals surface area (Å²) in [5, 5.41) is 5.55. The highest BCUT2D eigenvalue weighted by Gasteiger charge is 2.26. The molecule has 0 unspecified atom stereocenters. The van der Waals surface area contributed by atoms with Crippen molar-refractivity contribution in [3.8, 4) is 0 Å². The molecule has 3 nitrogen and oxygen atoms in total. The number of rotatable bonds is 7. The molecule has 0 radical (unpaired) electrons. The predicted octanol–water partition coefficient (Wildman–Crippen LogP) is 4.68. The van der Waals surface area contributed by atoms with Gasteiger partial charge in [-0.05, 0) is 31.6 Å². The highest BCUT2D eigenvalue weighted by atomic mass is 32.1. The average Bonchev–Trinajstić information content (AvgIpc) is 3.08. The van der Waals surface area contributed by atoms with Gasteiger partial charge in [-0.2, -0.15) is 0 Å². The first kappa shape index (κ1) is 22.5. The molecule has 1 aromatic rings. The van der Waals surface area contributed by atoms with E-state index in [1.165, 1.54) is 4.88 Å². The molecule has 1 aromatic heterocycles. The van der Waals surface area contributed by atoms with Gasteiger partial charge in [0, 0.05) is 35.9 Å². The van der Waals surface area contributed by atoms with E-state index in [9.17, 15) is 0 Å². The number of likely N-dealkylation sites (tertiary alicyclic amines) is 1. The van der Waals surface area contributed by atoms with E-state index in [0.29, 0.717) is 6.04 Å². The van der Waals surface area contributed by atoms with Gasteiger partial charge < -0.3 is 15.1 Å². The number of hydrogen-bond donors (Lipinski definition) is 1. The van der Waals surface area contributed by atoms with E-state index >= 15 is 0 Å². The molecule has 1 aliphatic rings. The number of hydrogen-bond acceptors (Lipinski definition) is 4. The lowest BCUT2D eigenvalue weighted by atomic mass is 10.1. The summed E-state index contributed by atoms with van der Waals surface area (Å²) in [6, 6.07) is 4.63. The Balaban J connectivity index is 0.00000123. The first-order valence-corrected chi connectivity index (χ1v) is 9.68. The number of thiophene rings is 1. The Hall–Kier alpha value is -1.52. The maximum atomic E-state index is 4.11. The Kier molecular flexibility index (Phi) is 12.0. The summed E-state index contributed by atoms with van der Waals surface area (Å²) in [6.07, 6.45) is 4.25. The maximum Gasteiger partial charge on any atom is 0.0611 e. The minimum absolute atomic E-state index is 0.476. The Morgan fingerprint density at radius 3 is 2.42 bits per heavy atom. The minimum atomic E-state index is 0.476. The van der Waals surface area contributed by atoms with Gasteiger partial charge in [0.2, 0.25) is 0 Å². The summed E-state index contributed by atoms with van der Waals surface area (Å²) in [7, 11) is 4.12. The van der Waals surface area contributed by atoms with Crippen LogP contribution in [-0.2, 0) is 0 Å². The second-order valence-corrected chi connectivity index (χ2v) is 6.31. The van der Waals surface area contributed by atoms with E-state index in [-0.39, 0.29) is 0 Å². The average molecular weight is 350 g/mol. The molecule has 2 heterocycles. The topological polar surface area (TPSA) is 18.5 Å². The third kappa shape index (κ3) is 7.84. The molecule has 0 spiro atoms. The third-order valence-electron chi connectivity index (χ3n) is 3.27. The van der Waals surface area contributed by atoms with Crippen LogP contribution < -0.4 is 5.32 Å². The minimum Gasteiger partial charge on any atom is -0.378 e. The van der Waals surface area contributed by atoms with Crippen LogP contribution in [0, 0.1) is 0 Å². The maximum absolute atomic E-state index is 4.11. The lowest BCUT2D eigenvalue weighted by Gasteiger charge is -2.42. The summed E-state index contributed by atoms with van der Waals surface area (Å²) >= 11 is 1.72.